The van der Waals surface area contributed by atoms with E-state index in [-0.39, 0.29) is 36.8 Å². The first-order valence-corrected chi connectivity index (χ1v) is 7.29. The molecule has 0 bridgehead atoms. The van der Waals surface area contributed by atoms with E-state index < -0.39 is 4.92 Å². The molecule has 0 radical (unpaired) electrons. The summed E-state index contributed by atoms with van der Waals surface area (Å²) in [4.78, 5) is 26.3. The second kappa shape index (κ2) is 5.82. The van der Waals surface area contributed by atoms with E-state index in [0.717, 1.165) is 12.0 Å². The summed E-state index contributed by atoms with van der Waals surface area (Å²) in [6, 6.07) is 0. The molecule has 3 rings (SSSR count). The molecule has 23 heavy (non-hydrogen) atoms. The molecule has 0 aliphatic heterocycles. The molecule has 0 unspecified atom stereocenters. The van der Waals surface area contributed by atoms with Crippen molar-refractivity contribution in [1.29, 1.82) is 0 Å². The normalized spacial score (nSPS) is 19.6. The van der Waals surface area contributed by atoms with Crippen LogP contribution < -0.4 is 0 Å². The number of hydrogen-bond donors (Lipinski definition) is 0. The van der Waals surface area contributed by atoms with E-state index in [4.69, 9.17) is 4.74 Å². The number of aryl methyl sites for hydroxylation is 2. The van der Waals surface area contributed by atoms with Gasteiger partial charge in [-0.2, -0.15) is 5.10 Å². The highest BCUT2D eigenvalue weighted by molar-refractivity contribution is 5.77. The van der Waals surface area contributed by atoms with Gasteiger partial charge in [0.25, 0.3) is 0 Å². The highest BCUT2D eigenvalue weighted by Gasteiger charge is 2.45. The molecule has 2 aromatic rings. The first kappa shape index (κ1) is 15.2. The Bertz CT molecular complexity index is 750. The number of rotatable bonds is 6. The van der Waals surface area contributed by atoms with Crippen molar-refractivity contribution in [1.82, 2.24) is 19.3 Å². The summed E-state index contributed by atoms with van der Waals surface area (Å²) in [7, 11) is 1.83. The van der Waals surface area contributed by atoms with Gasteiger partial charge in [-0.3, -0.25) is 9.48 Å². The topological polar surface area (TPSA) is 105 Å². The second-order valence-corrected chi connectivity index (χ2v) is 5.64. The summed E-state index contributed by atoms with van der Waals surface area (Å²) < 4.78 is 8.38. The fourth-order valence-electron chi connectivity index (χ4n) is 2.68. The molecule has 9 heteroatoms. The van der Waals surface area contributed by atoms with E-state index in [1.54, 1.807) is 17.8 Å². The van der Waals surface area contributed by atoms with Crippen molar-refractivity contribution in [2.75, 3.05) is 6.61 Å². The largest absolute Gasteiger partial charge is 0.461 e. The average molecular weight is 319 g/mol. The Balaban J connectivity index is 1.51. The van der Waals surface area contributed by atoms with E-state index in [2.05, 4.69) is 10.1 Å². The van der Waals surface area contributed by atoms with Crippen molar-refractivity contribution in [2.24, 2.45) is 13.0 Å². The van der Waals surface area contributed by atoms with Crippen molar-refractivity contribution >= 4 is 11.8 Å². The number of carbonyl (C=O) groups is 1. The van der Waals surface area contributed by atoms with Crippen LogP contribution in [0.25, 0.3) is 0 Å². The molecule has 0 saturated heterocycles. The maximum absolute atomic E-state index is 12.0. The van der Waals surface area contributed by atoms with Crippen molar-refractivity contribution < 1.29 is 14.5 Å². The van der Waals surface area contributed by atoms with Gasteiger partial charge in [0.2, 0.25) is 0 Å². The van der Waals surface area contributed by atoms with Crippen molar-refractivity contribution in [3.63, 3.8) is 0 Å². The standard InChI is InChI=1S/C14H17N5O4/c1-9-15-7-13(19(21)22)18(9)3-4-23-14(20)12-5-11(12)10-6-16-17(2)8-10/h6-8,11-12H,3-5H2,1-2H3/t11-,12-/m1/s1. The van der Waals surface area contributed by atoms with Crippen LogP contribution in [0.3, 0.4) is 0 Å². The van der Waals surface area contributed by atoms with Gasteiger partial charge in [0.1, 0.15) is 19.3 Å². The van der Waals surface area contributed by atoms with Crippen LogP contribution in [0.15, 0.2) is 18.6 Å². The number of carbonyl (C=O) groups excluding carboxylic acids is 1. The van der Waals surface area contributed by atoms with Gasteiger partial charge in [-0.15, -0.1) is 0 Å². The Kier molecular flexibility index (Phi) is 3.85. The van der Waals surface area contributed by atoms with Gasteiger partial charge in [0.15, 0.2) is 5.82 Å². The van der Waals surface area contributed by atoms with Crippen molar-refractivity contribution in [3.8, 4) is 0 Å². The molecule has 1 aliphatic rings. The van der Waals surface area contributed by atoms with E-state index >= 15 is 0 Å². The number of aromatic nitrogens is 4. The third kappa shape index (κ3) is 3.08. The van der Waals surface area contributed by atoms with Gasteiger partial charge in [0, 0.05) is 26.1 Å². The number of nitro groups is 1. The number of esters is 1. The third-order valence-electron chi connectivity index (χ3n) is 4.03. The van der Waals surface area contributed by atoms with Crippen LogP contribution in [-0.2, 0) is 23.1 Å². The molecule has 9 nitrogen and oxygen atoms in total. The zero-order valence-corrected chi connectivity index (χ0v) is 12.9. The molecule has 1 saturated carbocycles. The maximum atomic E-state index is 12.0. The number of nitrogens with zero attached hydrogens (tertiary/aromatic N) is 5. The van der Waals surface area contributed by atoms with Crippen LogP contribution in [-0.4, -0.2) is 36.8 Å². The molecule has 0 N–H and O–H groups in total. The zero-order chi connectivity index (χ0) is 16.6. The number of imidazole rings is 1. The lowest BCUT2D eigenvalue weighted by Crippen LogP contribution is -2.15. The molecule has 1 fully saturated rings. The summed E-state index contributed by atoms with van der Waals surface area (Å²) >= 11 is 0. The summed E-state index contributed by atoms with van der Waals surface area (Å²) in [5.74, 6) is 0.184. The molecule has 2 aromatic heterocycles. The van der Waals surface area contributed by atoms with Gasteiger partial charge in [-0.1, -0.05) is 0 Å². The predicted octanol–water partition coefficient (Wildman–Crippen LogP) is 1.18. The Hall–Kier alpha value is -2.71. The number of ether oxygens (including phenoxy) is 1. The summed E-state index contributed by atoms with van der Waals surface area (Å²) in [6.07, 6.45) is 5.62. The average Bonchev–Trinajstić information content (AvgIpc) is 3.06. The monoisotopic (exact) mass is 319 g/mol. The van der Waals surface area contributed by atoms with Gasteiger partial charge >= 0.3 is 11.8 Å². The van der Waals surface area contributed by atoms with Crippen LogP contribution in [0.4, 0.5) is 5.82 Å². The maximum Gasteiger partial charge on any atom is 0.342 e. The van der Waals surface area contributed by atoms with Gasteiger partial charge in [-0.05, 0) is 16.9 Å². The van der Waals surface area contributed by atoms with Gasteiger partial charge in [-0.25, -0.2) is 9.55 Å². The predicted molar refractivity (Wildman–Crippen MR) is 78.6 cm³/mol. The van der Waals surface area contributed by atoms with Crippen LogP contribution in [0.2, 0.25) is 0 Å². The summed E-state index contributed by atoms with van der Waals surface area (Å²) in [5, 5.41) is 15.0. The van der Waals surface area contributed by atoms with Crippen LogP contribution in [0, 0.1) is 23.0 Å². The Morgan fingerprint density at radius 1 is 1.52 bits per heavy atom. The van der Waals surface area contributed by atoms with Crippen molar-refractivity contribution in [2.45, 2.75) is 25.8 Å². The lowest BCUT2D eigenvalue weighted by Gasteiger charge is -2.05. The molecule has 1 aliphatic carbocycles. The molecular formula is C14H17N5O4. The molecular weight excluding hydrogens is 302 g/mol. The molecule has 0 aromatic carbocycles. The minimum Gasteiger partial charge on any atom is -0.461 e. The van der Waals surface area contributed by atoms with E-state index in [1.165, 1.54) is 10.8 Å². The SMILES string of the molecule is Cc1ncc([N+](=O)[O-])n1CCOC(=O)[C@@H]1C[C@@H]1c1cnn(C)c1. The minimum atomic E-state index is -0.499. The van der Waals surface area contributed by atoms with E-state index in [0.29, 0.717) is 5.82 Å². The molecule has 0 spiro atoms. The van der Waals surface area contributed by atoms with Crippen molar-refractivity contribution in [3.05, 3.63) is 40.1 Å². The number of hydrogen-bond acceptors (Lipinski definition) is 6. The fraction of sp³-hybridized carbons (Fsp3) is 0.500. The van der Waals surface area contributed by atoms with Gasteiger partial charge < -0.3 is 14.9 Å². The minimum absolute atomic E-state index is 0.0904. The van der Waals surface area contributed by atoms with E-state index in [1.807, 2.05) is 13.2 Å². The highest BCUT2D eigenvalue weighted by atomic mass is 16.6. The molecule has 0 amide bonds. The quantitative estimate of drug-likeness (QED) is 0.450. The Labute approximate surface area is 132 Å². The Morgan fingerprint density at radius 2 is 2.30 bits per heavy atom. The lowest BCUT2D eigenvalue weighted by atomic mass is 10.2. The smallest absolute Gasteiger partial charge is 0.342 e. The van der Waals surface area contributed by atoms with Crippen LogP contribution in [0.5, 0.6) is 0 Å². The lowest BCUT2D eigenvalue weighted by molar-refractivity contribution is -0.392. The first-order chi connectivity index (χ1) is 11.0. The van der Waals surface area contributed by atoms with Crippen LogP contribution in [0.1, 0.15) is 23.7 Å². The first-order valence-electron chi connectivity index (χ1n) is 7.29. The second-order valence-electron chi connectivity index (χ2n) is 5.64. The molecule has 2 atom stereocenters. The Morgan fingerprint density at radius 3 is 2.96 bits per heavy atom. The fourth-order valence-corrected chi connectivity index (χ4v) is 2.68. The summed E-state index contributed by atoms with van der Waals surface area (Å²) in [6.45, 7) is 1.99. The zero-order valence-electron chi connectivity index (χ0n) is 12.9. The molecule has 2 heterocycles. The highest BCUT2D eigenvalue weighted by Crippen LogP contribution is 2.47. The van der Waals surface area contributed by atoms with Crippen LogP contribution >= 0.6 is 0 Å². The third-order valence-corrected chi connectivity index (χ3v) is 4.03. The van der Waals surface area contributed by atoms with E-state index in [9.17, 15) is 14.9 Å². The summed E-state index contributed by atoms with van der Waals surface area (Å²) in [5.41, 5.74) is 1.04. The van der Waals surface area contributed by atoms with Gasteiger partial charge in [0.05, 0.1) is 12.1 Å². The molecule has 122 valence electrons.